The molecule has 0 unspecified atom stereocenters. The van der Waals surface area contributed by atoms with Gasteiger partial charge in [0.2, 0.25) is 5.95 Å². The van der Waals surface area contributed by atoms with Crippen molar-refractivity contribution in [2.24, 2.45) is 0 Å². The smallest absolute Gasteiger partial charge is 0.406 e. The highest BCUT2D eigenvalue weighted by Crippen LogP contribution is 2.27. The second-order valence-corrected chi connectivity index (χ2v) is 6.52. The van der Waals surface area contributed by atoms with E-state index in [1.807, 2.05) is 30.5 Å². The molecule has 0 spiro atoms. The summed E-state index contributed by atoms with van der Waals surface area (Å²) >= 11 is 0. The van der Waals surface area contributed by atoms with Crippen molar-refractivity contribution in [2.45, 2.75) is 6.36 Å². The van der Waals surface area contributed by atoms with Gasteiger partial charge in [-0.2, -0.15) is 0 Å². The topological polar surface area (TPSA) is 93.7 Å². The largest absolute Gasteiger partial charge is 0.573 e. The van der Waals surface area contributed by atoms with Crippen LogP contribution in [0, 0.1) is 0 Å². The summed E-state index contributed by atoms with van der Waals surface area (Å²) in [5, 5.41) is 5.21. The van der Waals surface area contributed by atoms with Crippen LogP contribution in [0.3, 0.4) is 0 Å². The van der Waals surface area contributed by atoms with E-state index in [0.717, 1.165) is 28.8 Å². The predicted octanol–water partition coefficient (Wildman–Crippen LogP) is 5.13. The highest BCUT2D eigenvalue weighted by molar-refractivity contribution is 6.00. The third kappa shape index (κ3) is 4.69. The zero-order valence-corrected chi connectivity index (χ0v) is 15.9. The van der Waals surface area contributed by atoms with E-state index < -0.39 is 12.4 Å². The number of carbonyl (C=O) groups is 1. The number of nitrogens with one attached hydrogen (secondary N) is 2. The summed E-state index contributed by atoms with van der Waals surface area (Å²) in [5.41, 5.74) is 9.40. The fourth-order valence-electron chi connectivity index (χ4n) is 3.05. The molecule has 10 heteroatoms. The summed E-state index contributed by atoms with van der Waals surface area (Å²) in [6, 6.07) is 15.3. The number of hydrogen-bond acceptors (Lipinski definition) is 4. The van der Waals surface area contributed by atoms with Gasteiger partial charge in [-0.05, 0) is 48.0 Å². The summed E-state index contributed by atoms with van der Waals surface area (Å²) in [5.74, 6) is 0.0221. The maximum atomic E-state index is 12.2. The number of hydrogen-bond donors (Lipinski definition) is 3. The van der Waals surface area contributed by atoms with Crippen LogP contribution < -0.4 is 21.1 Å². The van der Waals surface area contributed by atoms with E-state index in [-0.39, 0.29) is 5.75 Å². The number of imidazole rings is 1. The standard InChI is InChI=1S/C21H16F3N5O2/c22-21(23,24)31-16-9-7-15(8-10-16)28-20(30)27-14-5-3-13(4-6-14)17-2-1-11-29-18(17)12-26-19(29)25/h1-12H,(H2,25,26)(H2,27,28,30). The number of carbonyl (C=O) groups excluding carboxylic acids is 1. The average Bonchev–Trinajstić information content (AvgIpc) is 3.10. The van der Waals surface area contributed by atoms with Crippen LogP contribution in [0.25, 0.3) is 16.6 Å². The zero-order valence-electron chi connectivity index (χ0n) is 15.9. The Morgan fingerprint density at radius 1 is 0.968 bits per heavy atom. The number of ether oxygens (including phenoxy) is 1. The van der Waals surface area contributed by atoms with Gasteiger partial charge in [-0.3, -0.25) is 4.40 Å². The minimum absolute atomic E-state index is 0.314. The fraction of sp³-hybridized carbons (Fsp3) is 0.0476. The maximum Gasteiger partial charge on any atom is 0.573 e. The molecule has 4 N–H and O–H groups in total. The molecule has 4 aromatic rings. The molecular formula is C21H16F3N5O2. The van der Waals surface area contributed by atoms with Crippen LogP contribution >= 0.6 is 0 Å². The molecule has 4 rings (SSSR count). The average molecular weight is 427 g/mol. The number of urea groups is 1. The summed E-state index contributed by atoms with van der Waals surface area (Å²) in [6.07, 6.45) is -1.26. The molecule has 0 radical (unpaired) electrons. The molecule has 0 aliphatic carbocycles. The number of amides is 2. The monoisotopic (exact) mass is 427 g/mol. The van der Waals surface area contributed by atoms with Crippen LogP contribution in [0.1, 0.15) is 0 Å². The van der Waals surface area contributed by atoms with Crippen molar-refractivity contribution >= 4 is 28.9 Å². The third-order valence-electron chi connectivity index (χ3n) is 4.40. The molecule has 2 heterocycles. The zero-order chi connectivity index (χ0) is 22.0. The molecule has 2 amide bonds. The summed E-state index contributed by atoms with van der Waals surface area (Å²) in [7, 11) is 0. The summed E-state index contributed by atoms with van der Waals surface area (Å²) in [6.45, 7) is 0. The Labute approximate surface area is 174 Å². The summed E-state index contributed by atoms with van der Waals surface area (Å²) in [4.78, 5) is 16.3. The number of nitrogens with two attached hydrogens (primary N) is 1. The van der Waals surface area contributed by atoms with Crippen LogP contribution in [0.5, 0.6) is 5.75 Å². The molecule has 31 heavy (non-hydrogen) atoms. The molecule has 0 aliphatic rings. The molecule has 0 saturated carbocycles. The Bertz CT molecular complexity index is 1220. The number of benzene rings is 2. The van der Waals surface area contributed by atoms with Crippen LogP contribution in [-0.4, -0.2) is 21.8 Å². The van der Waals surface area contributed by atoms with Gasteiger partial charge in [0.15, 0.2) is 0 Å². The van der Waals surface area contributed by atoms with Crippen molar-refractivity contribution in [2.75, 3.05) is 16.4 Å². The number of fused-ring (bicyclic) bond motifs is 1. The van der Waals surface area contributed by atoms with Crippen molar-refractivity contribution in [1.82, 2.24) is 9.38 Å². The second kappa shape index (κ2) is 7.90. The van der Waals surface area contributed by atoms with Crippen molar-refractivity contribution in [1.29, 1.82) is 0 Å². The molecule has 158 valence electrons. The van der Waals surface area contributed by atoms with Gasteiger partial charge in [-0.1, -0.05) is 18.2 Å². The number of halogens is 3. The predicted molar refractivity (Wildman–Crippen MR) is 111 cm³/mol. The van der Waals surface area contributed by atoms with Crippen molar-refractivity contribution in [3.8, 4) is 16.9 Å². The first-order valence-corrected chi connectivity index (χ1v) is 9.04. The molecule has 2 aromatic carbocycles. The third-order valence-corrected chi connectivity index (χ3v) is 4.40. The number of nitrogen functional groups attached to an aromatic ring is 1. The van der Waals surface area contributed by atoms with Crippen LogP contribution in [0.4, 0.5) is 35.3 Å². The minimum atomic E-state index is -4.77. The van der Waals surface area contributed by atoms with Crippen LogP contribution in [0.2, 0.25) is 0 Å². The van der Waals surface area contributed by atoms with Crippen molar-refractivity contribution in [3.63, 3.8) is 0 Å². The maximum absolute atomic E-state index is 12.2. The van der Waals surface area contributed by atoms with Crippen LogP contribution in [0.15, 0.2) is 73.1 Å². The quantitative estimate of drug-likeness (QED) is 0.421. The van der Waals surface area contributed by atoms with Gasteiger partial charge in [0, 0.05) is 23.1 Å². The molecule has 0 aliphatic heterocycles. The van der Waals surface area contributed by atoms with Gasteiger partial charge >= 0.3 is 12.4 Å². The molecule has 0 fully saturated rings. The Hall–Kier alpha value is -4.21. The van der Waals surface area contributed by atoms with E-state index in [0.29, 0.717) is 17.3 Å². The Kier molecular flexibility index (Phi) is 5.12. The summed E-state index contributed by atoms with van der Waals surface area (Å²) < 4.78 is 42.2. The van der Waals surface area contributed by atoms with Gasteiger partial charge in [0.05, 0.1) is 11.7 Å². The number of anilines is 3. The lowest BCUT2D eigenvalue weighted by Gasteiger charge is -2.11. The fourth-order valence-corrected chi connectivity index (χ4v) is 3.05. The molecule has 0 atom stereocenters. The second-order valence-electron chi connectivity index (χ2n) is 6.52. The van der Waals surface area contributed by atoms with E-state index in [1.165, 1.54) is 12.1 Å². The molecule has 2 aromatic heterocycles. The van der Waals surface area contributed by atoms with Crippen LogP contribution in [-0.2, 0) is 0 Å². The number of pyridine rings is 1. The number of alkyl halides is 3. The van der Waals surface area contributed by atoms with E-state index in [1.54, 1.807) is 22.7 Å². The van der Waals surface area contributed by atoms with E-state index in [2.05, 4.69) is 20.4 Å². The van der Waals surface area contributed by atoms with Gasteiger partial charge < -0.3 is 21.1 Å². The Morgan fingerprint density at radius 2 is 1.58 bits per heavy atom. The number of rotatable bonds is 4. The van der Waals surface area contributed by atoms with E-state index in [4.69, 9.17) is 5.73 Å². The lowest BCUT2D eigenvalue weighted by molar-refractivity contribution is -0.274. The highest BCUT2D eigenvalue weighted by Gasteiger charge is 2.30. The van der Waals surface area contributed by atoms with E-state index >= 15 is 0 Å². The van der Waals surface area contributed by atoms with Gasteiger partial charge in [0.25, 0.3) is 0 Å². The highest BCUT2D eigenvalue weighted by atomic mass is 19.4. The molecule has 0 bridgehead atoms. The Morgan fingerprint density at radius 3 is 2.19 bits per heavy atom. The van der Waals surface area contributed by atoms with Gasteiger partial charge in [0.1, 0.15) is 5.75 Å². The number of aromatic nitrogens is 2. The van der Waals surface area contributed by atoms with E-state index in [9.17, 15) is 18.0 Å². The van der Waals surface area contributed by atoms with Gasteiger partial charge in [-0.25, -0.2) is 9.78 Å². The van der Waals surface area contributed by atoms with Crippen molar-refractivity contribution in [3.05, 3.63) is 73.1 Å². The SMILES string of the molecule is Nc1ncc2c(-c3ccc(NC(=O)Nc4ccc(OC(F)(F)F)cc4)cc3)cccn12. The lowest BCUT2D eigenvalue weighted by atomic mass is 10.1. The normalized spacial score (nSPS) is 11.3. The Balaban J connectivity index is 1.41. The number of nitrogens with zero attached hydrogens (tertiary/aromatic N) is 2. The molecule has 0 saturated heterocycles. The first-order valence-electron chi connectivity index (χ1n) is 9.04. The minimum Gasteiger partial charge on any atom is -0.406 e. The first kappa shape index (κ1) is 20.1. The first-order chi connectivity index (χ1) is 14.8. The van der Waals surface area contributed by atoms with Crippen molar-refractivity contribution < 1.29 is 22.7 Å². The molecule has 7 nitrogen and oxygen atoms in total. The lowest BCUT2D eigenvalue weighted by Crippen LogP contribution is -2.19. The van der Waals surface area contributed by atoms with Gasteiger partial charge in [-0.15, -0.1) is 13.2 Å². The molecular weight excluding hydrogens is 411 g/mol.